The number of ether oxygens (including phenoxy) is 2. The van der Waals surface area contributed by atoms with Gasteiger partial charge in [0.1, 0.15) is 45.2 Å². The number of aryl methyl sites for hydroxylation is 1. The largest absolute Gasteiger partial charge is 0.495 e. The molecule has 3 amide bonds. The molecule has 41 heavy (non-hydrogen) atoms. The summed E-state index contributed by atoms with van der Waals surface area (Å²) in [4.78, 5) is 35.6. The van der Waals surface area contributed by atoms with Gasteiger partial charge in [-0.1, -0.05) is 60.1 Å². The van der Waals surface area contributed by atoms with E-state index < -0.39 is 11.9 Å². The minimum atomic E-state index is -0.589. The zero-order valence-electron chi connectivity index (χ0n) is 22.3. The lowest BCUT2D eigenvalue weighted by Crippen LogP contribution is -2.35. The lowest BCUT2D eigenvalue weighted by Gasteiger charge is -2.24. The molecule has 4 rings (SSSR count). The number of nitrogens with one attached hydrogen (secondary N) is 3. The van der Waals surface area contributed by atoms with Crippen molar-refractivity contribution in [1.29, 1.82) is 0 Å². The summed E-state index contributed by atoms with van der Waals surface area (Å²) in [6.45, 7) is 3.61. The second-order valence-corrected chi connectivity index (χ2v) is 9.19. The number of benzene rings is 2. The van der Waals surface area contributed by atoms with E-state index >= 15 is 0 Å². The molecule has 2 heterocycles. The zero-order chi connectivity index (χ0) is 29.5. The molecule has 0 aliphatic rings. The SMILES string of the molecule is C=CC(=O)Nc1cn(C)nc1Nc1cc(N(Cc2ccccc2)C(=O)Nc2c(Cl)c(OC)cc(OC)c2Cl)ncn1. The van der Waals surface area contributed by atoms with Gasteiger partial charge in [0.05, 0.1) is 32.6 Å². The highest BCUT2D eigenvalue weighted by Gasteiger charge is 2.24. The molecule has 2 aromatic carbocycles. The summed E-state index contributed by atoms with van der Waals surface area (Å²) in [6.07, 6.45) is 4.06. The van der Waals surface area contributed by atoms with E-state index in [0.29, 0.717) is 17.3 Å². The smallest absolute Gasteiger partial charge is 0.327 e. The number of methoxy groups -OCH3 is 2. The molecule has 212 valence electrons. The normalized spacial score (nSPS) is 10.5. The van der Waals surface area contributed by atoms with Crippen LogP contribution in [0.15, 0.2) is 67.6 Å². The predicted octanol–water partition coefficient (Wildman–Crippen LogP) is 5.64. The summed E-state index contributed by atoms with van der Waals surface area (Å²) in [7, 11) is 4.58. The van der Waals surface area contributed by atoms with Crippen molar-refractivity contribution in [2.24, 2.45) is 7.05 Å². The first-order valence-electron chi connectivity index (χ1n) is 12.0. The Kier molecular flexibility index (Phi) is 9.27. The number of halogens is 2. The van der Waals surface area contributed by atoms with Crippen molar-refractivity contribution < 1.29 is 19.1 Å². The lowest BCUT2D eigenvalue weighted by atomic mass is 10.2. The summed E-state index contributed by atoms with van der Waals surface area (Å²) in [5.74, 6) is 1.02. The van der Waals surface area contributed by atoms with Crippen LogP contribution in [0.3, 0.4) is 0 Å². The van der Waals surface area contributed by atoms with E-state index in [9.17, 15) is 9.59 Å². The molecular weight excluding hydrogens is 571 g/mol. The number of urea groups is 1. The maximum atomic E-state index is 13.8. The first kappa shape index (κ1) is 29.2. The van der Waals surface area contributed by atoms with Crippen molar-refractivity contribution in [2.45, 2.75) is 6.54 Å². The summed E-state index contributed by atoms with van der Waals surface area (Å²) in [5.41, 5.74) is 1.35. The summed E-state index contributed by atoms with van der Waals surface area (Å²) >= 11 is 13.0. The molecule has 2 aromatic heterocycles. The Morgan fingerprint density at radius 3 is 2.37 bits per heavy atom. The molecule has 0 aliphatic heterocycles. The van der Waals surface area contributed by atoms with Crippen LogP contribution in [0.4, 0.5) is 33.6 Å². The highest BCUT2D eigenvalue weighted by molar-refractivity contribution is 6.41. The third kappa shape index (κ3) is 6.86. The topological polar surface area (TPSA) is 136 Å². The minimum absolute atomic E-state index is 0.0978. The number of amides is 3. The molecule has 4 aromatic rings. The Morgan fingerprint density at radius 1 is 1.05 bits per heavy atom. The molecule has 0 saturated carbocycles. The molecule has 0 radical (unpaired) electrons. The molecule has 0 fully saturated rings. The molecule has 0 bridgehead atoms. The number of anilines is 5. The van der Waals surface area contributed by atoms with Gasteiger partial charge in [0.2, 0.25) is 5.91 Å². The Labute approximate surface area is 245 Å². The molecule has 3 N–H and O–H groups in total. The van der Waals surface area contributed by atoms with Gasteiger partial charge in [-0.15, -0.1) is 0 Å². The van der Waals surface area contributed by atoms with Crippen LogP contribution in [-0.4, -0.2) is 45.9 Å². The van der Waals surface area contributed by atoms with Gasteiger partial charge >= 0.3 is 6.03 Å². The van der Waals surface area contributed by atoms with Crippen LogP contribution in [0.5, 0.6) is 11.5 Å². The van der Waals surface area contributed by atoms with E-state index in [1.54, 1.807) is 19.3 Å². The summed E-state index contributed by atoms with van der Waals surface area (Å²) in [5, 5.41) is 13.0. The van der Waals surface area contributed by atoms with Crippen LogP contribution in [-0.2, 0) is 18.4 Å². The Hall–Kier alpha value is -4.81. The second kappa shape index (κ2) is 13.0. The van der Waals surface area contributed by atoms with Crippen LogP contribution in [0.2, 0.25) is 10.0 Å². The number of carbonyl (C=O) groups excluding carboxylic acids is 2. The van der Waals surface area contributed by atoms with Gasteiger partial charge in [-0.25, -0.2) is 14.8 Å². The van der Waals surface area contributed by atoms with Crippen LogP contribution in [0, 0.1) is 0 Å². The molecule has 0 atom stereocenters. The standard InChI is InChI=1S/C27H26Cl2N8O4/c1-5-22(38)32-17-14-36(2)35-26(17)33-20-12-21(31-15-30-20)37(13-16-9-7-6-8-10-16)27(39)34-25-23(28)18(40-3)11-19(41-4)24(25)29/h5-12,14-15H,1,13H2,2-4H3,(H,32,38)(H,34,39)(H,30,31,33,35). The van der Waals surface area contributed by atoms with E-state index in [0.717, 1.165) is 11.6 Å². The van der Waals surface area contributed by atoms with E-state index in [2.05, 4.69) is 37.6 Å². The van der Waals surface area contributed by atoms with Gasteiger partial charge in [0.25, 0.3) is 0 Å². The van der Waals surface area contributed by atoms with Gasteiger partial charge in [0.15, 0.2) is 5.82 Å². The molecule has 12 nitrogen and oxygen atoms in total. The van der Waals surface area contributed by atoms with Gasteiger partial charge in [0, 0.05) is 19.2 Å². The number of rotatable bonds is 10. The highest BCUT2D eigenvalue weighted by atomic mass is 35.5. The van der Waals surface area contributed by atoms with E-state index in [1.807, 2.05) is 30.3 Å². The van der Waals surface area contributed by atoms with Gasteiger partial charge in [-0.3, -0.25) is 14.4 Å². The highest BCUT2D eigenvalue weighted by Crippen LogP contribution is 2.44. The molecular formula is C27H26Cl2N8O4. The fourth-order valence-electron chi connectivity index (χ4n) is 3.73. The van der Waals surface area contributed by atoms with Crippen molar-refractivity contribution in [3.05, 3.63) is 83.3 Å². The van der Waals surface area contributed by atoms with Crippen molar-refractivity contribution in [3.63, 3.8) is 0 Å². The first-order valence-corrected chi connectivity index (χ1v) is 12.8. The molecule has 0 spiro atoms. The fraction of sp³-hybridized carbons (Fsp3) is 0.148. The Bertz CT molecular complexity index is 1550. The van der Waals surface area contributed by atoms with Crippen molar-refractivity contribution in [2.75, 3.05) is 35.1 Å². The van der Waals surface area contributed by atoms with E-state index in [-0.39, 0.29) is 39.6 Å². The van der Waals surface area contributed by atoms with Crippen LogP contribution in [0.1, 0.15) is 5.56 Å². The molecule has 0 saturated heterocycles. The number of hydrogen-bond acceptors (Lipinski definition) is 8. The number of hydrogen-bond donors (Lipinski definition) is 3. The number of carbonyl (C=O) groups is 2. The third-order valence-electron chi connectivity index (χ3n) is 5.68. The zero-order valence-corrected chi connectivity index (χ0v) is 23.8. The van der Waals surface area contributed by atoms with Gasteiger partial charge in [-0.2, -0.15) is 5.10 Å². The number of nitrogens with zero attached hydrogens (tertiary/aromatic N) is 5. The van der Waals surface area contributed by atoms with E-state index in [1.165, 1.54) is 36.2 Å². The van der Waals surface area contributed by atoms with Crippen LogP contribution >= 0.6 is 23.2 Å². The maximum Gasteiger partial charge on any atom is 0.327 e. The predicted molar refractivity (Wildman–Crippen MR) is 159 cm³/mol. The summed E-state index contributed by atoms with van der Waals surface area (Å²) in [6, 6.07) is 11.8. The fourth-order valence-corrected chi connectivity index (χ4v) is 4.33. The molecule has 0 aliphatic carbocycles. The molecule has 14 heteroatoms. The average Bonchev–Trinajstić information content (AvgIpc) is 3.32. The van der Waals surface area contributed by atoms with Gasteiger partial charge < -0.3 is 25.4 Å². The minimum Gasteiger partial charge on any atom is -0.495 e. The first-order chi connectivity index (χ1) is 19.7. The maximum absolute atomic E-state index is 13.8. The lowest BCUT2D eigenvalue weighted by molar-refractivity contribution is -0.111. The number of aromatic nitrogens is 4. The average molecular weight is 597 g/mol. The van der Waals surface area contributed by atoms with Crippen LogP contribution < -0.4 is 30.3 Å². The van der Waals surface area contributed by atoms with Crippen molar-refractivity contribution in [3.8, 4) is 11.5 Å². The Morgan fingerprint density at radius 2 is 1.73 bits per heavy atom. The van der Waals surface area contributed by atoms with Crippen molar-refractivity contribution >= 4 is 64.0 Å². The Balaban J connectivity index is 1.69. The third-order valence-corrected chi connectivity index (χ3v) is 6.43. The van der Waals surface area contributed by atoms with Gasteiger partial charge in [-0.05, 0) is 11.6 Å². The summed E-state index contributed by atoms with van der Waals surface area (Å²) < 4.78 is 12.2. The monoisotopic (exact) mass is 596 g/mol. The molecule has 0 unspecified atom stereocenters. The van der Waals surface area contributed by atoms with E-state index in [4.69, 9.17) is 32.7 Å². The van der Waals surface area contributed by atoms with Crippen LogP contribution in [0.25, 0.3) is 0 Å². The second-order valence-electron chi connectivity index (χ2n) is 8.43. The quantitative estimate of drug-likeness (QED) is 0.200. The van der Waals surface area contributed by atoms with Crippen molar-refractivity contribution in [1.82, 2.24) is 19.7 Å².